The molecule has 32 heavy (non-hydrogen) atoms. The molecule has 0 aromatic carbocycles. The molecule has 184 valence electrons. The third-order valence-corrected chi connectivity index (χ3v) is 4.82. The predicted octanol–water partition coefficient (Wildman–Crippen LogP) is 2.37. The van der Waals surface area contributed by atoms with Crippen molar-refractivity contribution in [3.63, 3.8) is 0 Å². The van der Waals surface area contributed by atoms with Gasteiger partial charge in [0.05, 0.1) is 19.6 Å². The average Bonchev–Trinajstić information content (AvgIpc) is 2.71. The molecule has 0 saturated heterocycles. The van der Waals surface area contributed by atoms with Gasteiger partial charge in [-0.05, 0) is 30.1 Å². The molecular formula is C22H38N2O8. The van der Waals surface area contributed by atoms with Crippen LogP contribution in [-0.4, -0.2) is 57.7 Å². The van der Waals surface area contributed by atoms with Crippen molar-refractivity contribution >= 4 is 11.9 Å². The molecule has 0 aromatic heterocycles. The molecule has 1 fully saturated rings. The van der Waals surface area contributed by atoms with Crippen molar-refractivity contribution in [1.29, 1.82) is 0 Å². The average molecular weight is 459 g/mol. The van der Waals surface area contributed by atoms with Crippen LogP contribution in [0.15, 0.2) is 25.3 Å². The van der Waals surface area contributed by atoms with E-state index in [9.17, 15) is 9.59 Å². The Bertz CT molecular complexity index is 598. The highest BCUT2D eigenvalue weighted by Crippen LogP contribution is 2.45. The number of carbonyl (C=O) groups is 2. The summed E-state index contributed by atoms with van der Waals surface area (Å²) < 4.78 is 10.1. The van der Waals surface area contributed by atoms with Crippen LogP contribution in [0.3, 0.4) is 0 Å². The summed E-state index contributed by atoms with van der Waals surface area (Å²) in [6, 6.07) is 0.110. The Morgan fingerprint density at radius 2 is 1.88 bits per heavy atom. The van der Waals surface area contributed by atoms with Crippen molar-refractivity contribution in [2.45, 2.75) is 52.5 Å². The van der Waals surface area contributed by atoms with E-state index in [1.54, 1.807) is 6.08 Å². The molecule has 1 saturated carbocycles. The topological polar surface area (TPSA) is 114 Å². The molecule has 0 radical (unpaired) electrons. The second-order valence-electron chi connectivity index (χ2n) is 8.86. The lowest BCUT2D eigenvalue weighted by Gasteiger charge is -2.46. The lowest BCUT2D eigenvalue weighted by atomic mass is 9.63. The van der Waals surface area contributed by atoms with Gasteiger partial charge in [0.1, 0.15) is 13.2 Å². The Labute approximate surface area is 190 Å². The molecule has 0 spiro atoms. The second-order valence-corrected chi connectivity index (χ2v) is 8.86. The third kappa shape index (κ3) is 12.9. The standard InChI is InChI=1S/C22H38N2O8/c1-6-9-30-31-10-8-20(26)32-23-16-22(5)14-18(13-21(3,4)15-22)24-29-17-27-11-12-28-19(25)7-2/h6-7,18,23-24H,1-2,8-17H2,3-5H3. The molecule has 10 heteroatoms. The van der Waals surface area contributed by atoms with Crippen LogP contribution >= 0.6 is 0 Å². The molecule has 2 atom stereocenters. The van der Waals surface area contributed by atoms with Gasteiger partial charge in [0.25, 0.3) is 0 Å². The SMILES string of the molecule is C=CCOOCCC(=O)ONCC1(C)CC(NOCOCCOC(=O)C=C)CC(C)(C)C1. The van der Waals surface area contributed by atoms with E-state index in [4.69, 9.17) is 28.9 Å². The van der Waals surface area contributed by atoms with Gasteiger partial charge >= 0.3 is 11.9 Å². The molecule has 1 rings (SSSR count). The fourth-order valence-corrected chi connectivity index (χ4v) is 3.99. The maximum atomic E-state index is 11.8. The highest BCUT2D eigenvalue weighted by Gasteiger charge is 2.41. The van der Waals surface area contributed by atoms with Crippen LogP contribution < -0.4 is 11.0 Å². The van der Waals surface area contributed by atoms with Gasteiger partial charge in [-0.1, -0.05) is 33.4 Å². The van der Waals surface area contributed by atoms with Gasteiger partial charge in [0, 0.05) is 18.7 Å². The first-order valence-corrected chi connectivity index (χ1v) is 10.7. The minimum atomic E-state index is -0.485. The van der Waals surface area contributed by atoms with Gasteiger partial charge in [-0.15, -0.1) is 6.58 Å². The summed E-state index contributed by atoms with van der Waals surface area (Å²) in [5.74, 6) is -0.902. The van der Waals surface area contributed by atoms with Gasteiger partial charge in [0.15, 0.2) is 6.79 Å². The van der Waals surface area contributed by atoms with Gasteiger partial charge in [-0.3, -0.25) is 9.63 Å². The Morgan fingerprint density at radius 3 is 2.59 bits per heavy atom. The quantitative estimate of drug-likeness (QED) is 0.0640. The molecule has 2 N–H and O–H groups in total. The number of carbonyl (C=O) groups excluding carboxylic acids is 2. The summed E-state index contributed by atoms with van der Waals surface area (Å²) >= 11 is 0. The molecule has 1 aliphatic carbocycles. The number of hydrogen-bond donors (Lipinski definition) is 2. The number of esters is 1. The smallest absolute Gasteiger partial charge is 0.330 e. The maximum absolute atomic E-state index is 11.8. The van der Waals surface area contributed by atoms with Crippen LogP contribution in [0.25, 0.3) is 0 Å². The molecule has 1 aliphatic rings. The van der Waals surface area contributed by atoms with E-state index in [0.717, 1.165) is 25.3 Å². The largest absolute Gasteiger partial charge is 0.460 e. The van der Waals surface area contributed by atoms with Crippen LogP contribution in [0.1, 0.15) is 46.5 Å². The molecular weight excluding hydrogens is 420 g/mol. The van der Waals surface area contributed by atoms with E-state index in [2.05, 4.69) is 44.9 Å². The first-order chi connectivity index (χ1) is 15.2. The van der Waals surface area contributed by atoms with Crippen LogP contribution in [-0.2, 0) is 38.5 Å². The number of hydrogen-bond acceptors (Lipinski definition) is 10. The van der Waals surface area contributed by atoms with Crippen LogP contribution in [0.5, 0.6) is 0 Å². The van der Waals surface area contributed by atoms with Crippen molar-refractivity contribution in [2.75, 3.05) is 39.8 Å². The van der Waals surface area contributed by atoms with Gasteiger partial charge in [-0.2, -0.15) is 11.0 Å². The number of rotatable bonds is 17. The molecule has 2 unspecified atom stereocenters. The van der Waals surface area contributed by atoms with Crippen molar-refractivity contribution in [3.05, 3.63) is 25.3 Å². The molecule has 10 nitrogen and oxygen atoms in total. The van der Waals surface area contributed by atoms with E-state index in [0.29, 0.717) is 6.54 Å². The van der Waals surface area contributed by atoms with Crippen LogP contribution in [0, 0.1) is 10.8 Å². The Morgan fingerprint density at radius 1 is 1.09 bits per heavy atom. The normalized spacial score (nSPS) is 22.2. The summed E-state index contributed by atoms with van der Waals surface area (Å²) in [6.45, 7) is 14.7. The van der Waals surface area contributed by atoms with E-state index in [1.165, 1.54) is 0 Å². The van der Waals surface area contributed by atoms with Crippen LogP contribution in [0.2, 0.25) is 0 Å². The number of ether oxygens (including phenoxy) is 2. The minimum absolute atomic E-state index is 0.0354. The van der Waals surface area contributed by atoms with Crippen molar-refractivity contribution in [3.8, 4) is 0 Å². The van der Waals surface area contributed by atoms with Gasteiger partial charge < -0.3 is 14.3 Å². The van der Waals surface area contributed by atoms with Gasteiger partial charge in [0.2, 0.25) is 0 Å². The van der Waals surface area contributed by atoms with Crippen LogP contribution in [0.4, 0.5) is 0 Å². The molecule has 0 aliphatic heterocycles. The monoisotopic (exact) mass is 458 g/mol. The first kappa shape index (κ1) is 28.2. The number of hydroxylamine groups is 2. The fraction of sp³-hybridized carbons (Fsp3) is 0.727. The zero-order valence-corrected chi connectivity index (χ0v) is 19.5. The molecule has 0 aromatic rings. The first-order valence-electron chi connectivity index (χ1n) is 10.7. The van der Waals surface area contributed by atoms with Crippen molar-refractivity contribution < 1.29 is 38.5 Å². The summed E-state index contributed by atoms with van der Waals surface area (Å²) in [7, 11) is 0. The molecule has 0 bridgehead atoms. The molecule has 0 heterocycles. The lowest BCUT2D eigenvalue weighted by Crippen LogP contribution is -2.48. The summed E-state index contributed by atoms with van der Waals surface area (Å²) in [5.41, 5.74) is 5.85. The summed E-state index contributed by atoms with van der Waals surface area (Å²) in [6.07, 6.45) is 5.46. The van der Waals surface area contributed by atoms with Gasteiger partial charge in [-0.25, -0.2) is 14.6 Å². The second kappa shape index (κ2) is 15.1. The Kier molecular flexibility index (Phi) is 13.3. The highest BCUT2D eigenvalue weighted by molar-refractivity contribution is 5.81. The third-order valence-electron chi connectivity index (χ3n) is 4.82. The highest BCUT2D eigenvalue weighted by atomic mass is 17.2. The molecule has 0 amide bonds. The lowest BCUT2D eigenvalue weighted by molar-refractivity contribution is -0.286. The zero-order valence-electron chi connectivity index (χ0n) is 19.5. The van der Waals surface area contributed by atoms with E-state index in [1.807, 2.05) is 0 Å². The number of nitrogens with one attached hydrogen (secondary N) is 2. The minimum Gasteiger partial charge on any atom is -0.460 e. The van der Waals surface area contributed by atoms with Crippen molar-refractivity contribution in [1.82, 2.24) is 11.0 Å². The van der Waals surface area contributed by atoms with E-state index >= 15 is 0 Å². The Hall–Kier alpha value is -1.82. The van der Waals surface area contributed by atoms with E-state index in [-0.39, 0.29) is 56.5 Å². The van der Waals surface area contributed by atoms with Crippen molar-refractivity contribution in [2.24, 2.45) is 10.8 Å². The Balaban J connectivity index is 2.28. The maximum Gasteiger partial charge on any atom is 0.330 e. The summed E-state index contributed by atoms with van der Waals surface area (Å²) in [4.78, 5) is 42.9. The fourth-order valence-electron chi connectivity index (χ4n) is 3.99. The zero-order chi connectivity index (χ0) is 23.9. The predicted molar refractivity (Wildman–Crippen MR) is 117 cm³/mol. The summed E-state index contributed by atoms with van der Waals surface area (Å²) in [5, 5.41) is 0. The van der Waals surface area contributed by atoms with E-state index < -0.39 is 11.9 Å².